The molecule has 0 radical (unpaired) electrons. The number of nitrogens with zero attached hydrogens (tertiary/aromatic N) is 2. The average molecular weight is 288 g/mol. The summed E-state index contributed by atoms with van der Waals surface area (Å²) in [7, 11) is 0. The Morgan fingerprint density at radius 3 is 2.33 bits per heavy atom. The van der Waals surface area contributed by atoms with Gasteiger partial charge in [-0.3, -0.25) is 9.59 Å². The molecule has 4 nitrogen and oxygen atoms in total. The summed E-state index contributed by atoms with van der Waals surface area (Å²) < 4.78 is 0. The number of benzene rings is 1. The fraction of sp³-hybridized carbons (Fsp3) is 0.529. The number of rotatable bonds is 2. The molecule has 0 spiro atoms. The lowest BCUT2D eigenvalue weighted by Crippen LogP contribution is -2.37. The molecule has 0 aliphatic carbocycles. The zero-order valence-electron chi connectivity index (χ0n) is 13.2. The number of aryl methyl sites for hydroxylation is 2. The van der Waals surface area contributed by atoms with Gasteiger partial charge in [-0.1, -0.05) is 18.2 Å². The van der Waals surface area contributed by atoms with Crippen LogP contribution in [0.2, 0.25) is 0 Å². The second-order valence-electron chi connectivity index (χ2n) is 5.84. The van der Waals surface area contributed by atoms with Crippen molar-refractivity contribution in [3.05, 3.63) is 34.9 Å². The van der Waals surface area contributed by atoms with Gasteiger partial charge in [-0.15, -0.1) is 0 Å². The minimum absolute atomic E-state index is 0.0958. The van der Waals surface area contributed by atoms with E-state index in [2.05, 4.69) is 26.0 Å². The number of hydrogen-bond donors (Lipinski definition) is 0. The predicted molar refractivity (Wildman–Crippen MR) is 83.1 cm³/mol. The van der Waals surface area contributed by atoms with Gasteiger partial charge in [0, 0.05) is 33.1 Å². The SMILES string of the molecule is CC(=O)N1CCCN(C(=O)Cc2ccc(C)c(C)c2)CC1. The third kappa shape index (κ3) is 4.06. The van der Waals surface area contributed by atoms with Gasteiger partial charge < -0.3 is 9.80 Å². The maximum atomic E-state index is 12.4. The highest BCUT2D eigenvalue weighted by Gasteiger charge is 2.20. The molecule has 21 heavy (non-hydrogen) atoms. The van der Waals surface area contributed by atoms with Crippen LogP contribution in [-0.4, -0.2) is 47.8 Å². The van der Waals surface area contributed by atoms with Crippen LogP contribution in [-0.2, 0) is 16.0 Å². The minimum atomic E-state index is 0.0958. The molecule has 2 rings (SSSR count). The summed E-state index contributed by atoms with van der Waals surface area (Å²) >= 11 is 0. The van der Waals surface area contributed by atoms with Crippen LogP contribution in [0.15, 0.2) is 18.2 Å². The summed E-state index contributed by atoms with van der Waals surface area (Å²) in [5.41, 5.74) is 3.53. The van der Waals surface area contributed by atoms with Crippen molar-refractivity contribution in [1.29, 1.82) is 0 Å². The first-order valence-corrected chi connectivity index (χ1v) is 7.57. The second-order valence-corrected chi connectivity index (χ2v) is 5.84. The lowest BCUT2D eigenvalue weighted by molar-refractivity contribution is -0.132. The topological polar surface area (TPSA) is 40.6 Å². The molecule has 1 saturated heterocycles. The Kier molecular flexibility index (Phi) is 4.99. The summed E-state index contributed by atoms with van der Waals surface area (Å²) in [6, 6.07) is 6.19. The van der Waals surface area contributed by atoms with Crippen LogP contribution in [0.4, 0.5) is 0 Å². The van der Waals surface area contributed by atoms with Gasteiger partial charge in [0.05, 0.1) is 6.42 Å². The maximum Gasteiger partial charge on any atom is 0.227 e. The lowest BCUT2D eigenvalue weighted by atomic mass is 10.0. The molecule has 1 aliphatic heterocycles. The molecule has 0 unspecified atom stereocenters. The monoisotopic (exact) mass is 288 g/mol. The zero-order chi connectivity index (χ0) is 15.4. The van der Waals surface area contributed by atoms with Gasteiger partial charge in [0.15, 0.2) is 0 Å². The van der Waals surface area contributed by atoms with Crippen LogP contribution in [0.25, 0.3) is 0 Å². The molecule has 1 fully saturated rings. The number of carbonyl (C=O) groups excluding carboxylic acids is 2. The van der Waals surface area contributed by atoms with Crippen LogP contribution in [0.5, 0.6) is 0 Å². The second kappa shape index (κ2) is 6.74. The van der Waals surface area contributed by atoms with E-state index in [4.69, 9.17) is 0 Å². The first-order valence-electron chi connectivity index (χ1n) is 7.57. The van der Waals surface area contributed by atoms with Crippen molar-refractivity contribution in [2.75, 3.05) is 26.2 Å². The van der Waals surface area contributed by atoms with Gasteiger partial charge in [-0.05, 0) is 37.0 Å². The van der Waals surface area contributed by atoms with E-state index in [0.29, 0.717) is 19.5 Å². The lowest BCUT2D eigenvalue weighted by Gasteiger charge is -2.21. The van der Waals surface area contributed by atoms with E-state index in [-0.39, 0.29) is 11.8 Å². The Morgan fingerprint density at radius 2 is 1.67 bits per heavy atom. The predicted octanol–water partition coefficient (Wildman–Crippen LogP) is 1.93. The van der Waals surface area contributed by atoms with Gasteiger partial charge in [0.1, 0.15) is 0 Å². The van der Waals surface area contributed by atoms with E-state index in [0.717, 1.165) is 25.1 Å². The fourth-order valence-corrected chi connectivity index (χ4v) is 2.68. The Morgan fingerprint density at radius 1 is 1.00 bits per heavy atom. The highest BCUT2D eigenvalue weighted by molar-refractivity contribution is 5.79. The van der Waals surface area contributed by atoms with Gasteiger partial charge in [-0.2, -0.15) is 0 Å². The van der Waals surface area contributed by atoms with E-state index in [1.807, 2.05) is 15.9 Å². The van der Waals surface area contributed by atoms with Crippen molar-refractivity contribution in [3.8, 4) is 0 Å². The normalized spacial score (nSPS) is 15.8. The van der Waals surface area contributed by atoms with E-state index in [1.165, 1.54) is 11.1 Å². The molecule has 4 heteroatoms. The Balaban J connectivity index is 1.96. The Labute approximate surface area is 126 Å². The van der Waals surface area contributed by atoms with Crippen molar-refractivity contribution in [1.82, 2.24) is 9.80 Å². The third-order valence-electron chi connectivity index (χ3n) is 4.22. The largest absolute Gasteiger partial charge is 0.341 e. The van der Waals surface area contributed by atoms with Gasteiger partial charge in [-0.25, -0.2) is 0 Å². The summed E-state index contributed by atoms with van der Waals surface area (Å²) in [5, 5.41) is 0. The molecular formula is C17H24N2O2. The van der Waals surface area contributed by atoms with Crippen LogP contribution in [0.1, 0.15) is 30.0 Å². The Bertz CT molecular complexity index is 540. The molecular weight excluding hydrogens is 264 g/mol. The molecule has 114 valence electrons. The molecule has 0 saturated carbocycles. The van der Waals surface area contributed by atoms with Crippen LogP contribution < -0.4 is 0 Å². The molecule has 0 N–H and O–H groups in total. The summed E-state index contributed by atoms with van der Waals surface area (Å²) in [4.78, 5) is 27.5. The molecule has 0 atom stereocenters. The van der Waals surface area contributed by atoms with Crippen molar-refractivity contribution in [2.24, 2.45) is 0 Å². The van der Waals surface area contributed by atoms with Crippen LogP contribution in [0, 0.1) is 13.8 Å². The average Bonchev–Trinajstić information content (AvgIpc) is 2.69. The van der Waals surface area contributed by atoms with Crippen molar-refractivity contribution >= 4 is 11.8 Å². The molecule has 1 heterocycles. The summed E-state index contributed by atoms with van der Waals surface area (Å²) in [5.74, 6) is 0.252. The molecule has 2 amide bonds. The zero-order valence-corrected chi connectivity index (χ0v) is 13.2. The summed E-state index contributed by atoms with van der Waals surface area (Å²) in [6.07, 6.45) is 1.30. The minimum Gasteiger partial charge on any atom is -0.341 e. The highest BCUT2D eigenvalue weighted by Crippen LogP contribution is 2.12. The quantitative estimate of drug-likeness (QED) is 0.834. The van der Waals surface area contributed by atoms with E-state index >= 15 is 0 Å². The van der Waals surface area contributed by atoms with Crippen molar-refractivity contribution in [3.63, 3.8) is 0 Å². The molecule has 1 aliphatic rings. The van der Waals surface area contributed by atoms with E-state index in [1.54, 1.807) is 6.92 Å². The summed E-state index contributed by atoms with van der Waals surface area (Å²) in [6.45, 7) is 8.52. The Hall–Kier alpha value is -1.84. The number of hydrogen-bond acceptors (Lipinski definition) is 2. The van der Waals surface area contributed by atoms with Crippen LogP contribution >= 0.6 is 0 Å². The number of carbonyl (C=O) groups is 2. The molecule has 0 aromatic heterocycles. The van der Waals surface area contributed by atoms with E-state index in [9.17, 15) is 9.59 Å². The smallest absolute Gasteiger partial charge is 0.227 e. The van der Waals surface area contributed by atoms with Gasteiger partial charge in [0.25, 0.3) is 0 Å². The van der Waals surface area contributed by atoms with Crippen molar-refractivity contribution in [2.45, 2.75) is 33.6 Å². The van der Waals surface area contributed by atoms with Gasteiger partial charge >= 0.3 is 0 Å². The first-order chi connectivity index (χ1) is 9.97. The molecule has 1 aromatic carbocycles. The fourth-order valence-electron chi connectivity index (χ4n) is 2.68. The standard InChI is InChI=1S/C17H24N2O2/c1-13-5-6-16(11-14(13)2)12-17(21)19-8-4-7-18(9-10-19)15(3)20/h5-6,11H,4,7-10,12H2,1-3H3. The number of amides is 2. The van der Waals surface area contributed by atoms with Crippen LogP contribution in [0.3, 0.4) is 0 Å². The maximum absolute atomic E-state index is 12.4. The molecule has 1 aromatic rings. The first kappa shape index (κ1) is 15.5. The molecule has 0 bridgehead atoms. The third-order valence-corrected chi connectivity index (χ3v) is 4.22. The highest BCUT2D eigenvalue weighted by atomic mass is 16.2. The van der Waals surface area contributed by atoms with Gasteiger partial charge in [0.2, 0.25) is 11.8 Å². The van der Waals surface area contributed by atoms with Crippen molar-refractivity contribution < 1.29 is 9.59 Å². The van der Waals surface area contributed by atoms with E-state index < -0.39 is 0 Å².